The van der Waals surface area contributed by atoms with Crippen LogP contribution in [0.2, 0.25) is 0 Å². The van der Waals surface area contributed by atoms with Crippen LogP contribution in [-0.4, -0.2) is 24.3 Å². The van der Waals surface area contributed by atoms with Gasteiger partial charge in [0, 0.05) is 6.54 Å². The van der Waals surface area contributed by atoms with Crippen LogP contribution in [0.4, 0.5) is 9.59 Å². The summed E-state index contributed by atoms with van der Waals surface area (Å²) in [5.41, 5.74) is -0.629. The molecule has 0 atom stereocenters. The molecule has 0 bridgehead atoms. The lowest BCUT2D eigenvalue weighted by Gasteiger charge is -2.16. The van der Waals surface area contributed by atoms with E-state index in [1.54, 1.807) is 20.8 Å². The molecule has 0 aliphatic heterocycles. The van der Waals surface area contributed by atoms with Gasteiger partial charge in [0.25, 0.3) is 0 Å². The molecule has 0 aromatic carbocycles. The molecule has 0 saturated carbocycles. The Morgan fingerprint density at radius 1 is 1.27 bits per heavy atom. The van der Waals surface area contributed by atoms with Crippen molar-refractivity contribution in [2.24, 2.45) is 10.2 Å². The van der Waals surface area contributed by atoms with E-state index in [0.717, 1.165) is 6.42 Å². The van der Waals surface area contributed by atoms with Gasteiger partial charge in [0.2, 0.25) is 0 Å². The van der Waals surface area contributed by atoms with Crippen LogP contribution >= 0.6 is 0 Å². The normalized spacial score (nSPS) is 11.5. The van der Waals surface area contributed by atoms with E-state index in [9.17, 15) is 9.59 Å². The number of hydrogen-bond donors (Lipinski definition) is 1. The Kier molecular flexibility index (Phi) is 5.51. The molecule has 0 spiro atoms. The molecular weight excluding hydrogens is 198 g/mol. The van der Waals surface area contributed by atoms with Crippen molar-refractivity contribution in [1.29, 1.82) is 0 Å². The van der Waals surface area contributed by atoms with E-state index < -0.39 is 17.7 Å². The van der Waals surface area contributed by atoms with Gasteiger partial charge < -0.3 is 10.1 Å². The van der Waals surface area contributed by atoms with Gasteiger partial charge >= 0.3 is 12.1 Å². The first-order valence-electron chi connectivity index (χ1n) is 4.77. The molecule has 15 heavy (non-hydrogen) atoms. The number of carbonyl (C=O) groups is 2. The van der Waals surface area contributed by atoms with Gasteiger partial charge in [-0.3, -0.25) is 0 Å². The highest BCUT2D eigenvalue weighted by atomic mass is 16.6. The molecule has 1 N–H and O–H groups in total. The predicted octanol–water partition coefficient (Wildman–Crippen LogP) is 2.49. The summed E-state index contributed by atoms with van der Waals surface area (Å²) in [6, 6.07) is -0.636. The SMILES string of the molecule is CCCNC(=O)/N=N/C(=O)OC(C)(C)C. The maximum absolute atomic E-state index is 11.0. The number of nitrogens with one attached hydrogen (secondary N) is 1. The van der Waals surface area contributed by atoms with Crippen LogP contribution in [0.5, 0.6) is 0 Å². The molecular formula is C9H17N3O3. The molecule has 0 aromatic heterocycles. The molecule has 0 aliphatic rings. The summed E-state index contributed by atoms with van der Waals surface area (Å²) in [7, 11) is 0. The number of rotatable bonds is 2. The number of urea groups is 1. The summed E-state index contributed by atoms with van der Waals surface area (Å²) in [4.78, 5) is 21.9. The van der Waals surface area contributed by atoms with E-state index in [0.29, 0.717) is 6.54 Å². The van der Waals surface area contributed by atoms with E-state index in [-0.39, 0.29) is 0 Å². The number of hydrogen-bond acceptors (Lipinski definition) is 3. The maximum atomic E-state index is 11.0. The predicted molar refractivity (Wildman–Crippen MR) is 54.8 cm³/mol. The van der Waals surface area contributed by atoms with Gasteiger partial charge in [-0.1, -0.05) is 17.2 Å². The maximum Gasteiger partial charge on any atom is 0.453 e. The third-order valence-electron chi connectivity index (χ3n) is 1.14. The average molecular weight is 215 g/mol. The third-order valence-corrected chi connectivity index (χ3v) is 1.14. The Bertz CT molecular complexity index is 256. The first-order chi connectivity index (χ1) is 6.85. The van der Waals surface area contributed by atoms with Crippen LogP contribution in [0.15, 0.2) is 10.2 Å². The molecule has 6 nitrogen and oxygen atoms in total. The summed E-state index contributed by atoms with van der Waals surface area (Å²) in [6.07, 6.45) is -0.0672. The van der Waals surface area contributed by atoms with Crippen LogP contribution < -0.4 is 5.32 Å². The molecule has 0 heterocycles. The van der Waals surface area contributed by atoms with Gasteiger partial charge in [-0.05, 0) is 27.2 Å². The Balaban J connectivity index is 3.95. The zero-order valence-electron chi connectivity index (χ0n) is 9.53. The highest BCUT2D eigenvalue weighted by molar-refractivity contribution is 5.77. The summed E-state index contributed by atoms with van der Waals surface area (Å²) in [5, 5.41) is 8.70. The molecule has 3 amide bonds. The Morgan fingerprint density at radius 3 is 2.33 bits per heavy atom. The monoisotopic (exact) mass is 215 g/mol. The zero-order valence-corrected chi connectivity index (χ0v) is 9.53. The highest BCUT2D eigenvalue weighted by Crippen LogP contribution is 2.07. The largest absolute Gasteiger partial charge is 0.453 e. The van der Waals surface area contributed by atoms with Crippen molar-refractivity contribution < 1.29 is 14.3 Å². The highest BCUT2D eigenvalue weighted by Gasteiger charge is 2.15. The summed E-state index contributed by atoms with van der Waals surface area (Å²) in [5.74, 6) is 0. The Hall–Kier alpha value is -1.46. The second-order valence-electron chi connectivity index (χ2n) is 3.91. The van der Waals surface area contributed by atoms with Crippen LogP contribution in [0.1, 0.15) is 34.1 Å². The minimum atomic E-state index is -0.867. The number of amides is 3. The molecule has 0 aromatic rings. The first-order valence-corrected chi connectivity index (χ1v) is 4.77. The lowest BCUT2D eigenvalue weighted by atomic mass is 10.2. The zero-order chi connectivity index (χ0) is 11.9. The second kappa shape index (κ2) is 6.10. The van der Waals surface area contributed by atoms with Crippen molar-refractivity contribution in [2.45, 2.75) is 39.7 Å². The van der Waals surface area contributed by atoms with Crippen molar-refractivity contribution in [3.8, 4) is 0 Å². The van der Waals surface area contributed by atoms with Gasteiger partial charge in [0.1, 0.15) is 5.60 Å². The minimum Gasteiger partial charge on any atom is -0.441 e. The van der Waals surface area contributed by atoms with Crippen LogP contribution in [0.3, 0.4) is 0 Å². The molecule has 0 rings (SSSR count). The summed E-state index contributed by atoms with van der Waals surface area (Å²) < 4.78 is 4.81. The van der Waals surface area contributed by atoms with Crippen LogP contribution in [0, 0.1) is 0 Å². The number of nitrogens with zero attached hydrogens (tertiary/aromatic N) is 2. The van der Waals surface area contributed by atoms with Crippen molar-refractivity contribution >= 4 is 12.1 Å². The molecule has 0 radical (unpaired) electrons. The molecule has 0 unspecified atom stereocenters. The van der Waals surface area contributed by atoms with Crippen molar-refractivity contribution in [2.75, 3.05) is 6.54 Å². The quantitative estimate of drug-likeness (QED) is 0.718. The molecule has 86 valence electrons. The van der Waals surface area contributed by atoms with Crippen LogP contribution in [0.25, 0.3) is 0 Å². The topological polar surface area (TPSA) is 80.1 Å². The number of azo groups is 1. The first kappa shape index (κ1) is 13.5. The molecule has 0 fully saturated rings. The average Bonchev–Trinajstić information content (AvgIpc) is 2.08. The fraction of sp³-hybridized carbons (Fsp3) is 0.778. The molecule has 0 saturated heterocycles. The minimum absolute atomic E-state index is 0.506. The fourth-order valence-electron chi connectivity index (χ4n) is 0.636. The van der Waals surface area contributed by atoms with Gasteiger partial charge in [0.15, 0.2) is 0 Å². The lowest BCUT2D eigenvalue weighted by Crippen LogP contribution is -2.23. The van der Waals surface area contributed by atoms with E-state index in [1.165, 1.54) is 0 Å². The van der Waals surface area contributed by atoms with E-state index in [2.05, 4.69) is 15.5 Å². The van der Waals surface area contributed by atoms with Crippen LogP contribution in [-0.2, 0) is 4.74 Å². The van der Waals surface area contributed by atoms with Crippen molar-refractivity contribution in [3.63, 3.8) is 0 Å². The fourth-order valence-corrected chi connectivity index (χ4v) is 0.636. The van der Waals surface area contributed by atoms with E-state index in [4.69, 9.17) is 4.74 Å². The second-order valence-corrected chi connectivity index (χ2v) is 3.91. The van der Waals surface area contributed by atoms with E-state index >= 15 is 0 Å². The van der Waals surface area contributed by atoms with Gasteiger partial charge in [-0.25, -0.2) is 9.59 Å². The van der Waals surface area contributed by atoms with Gasteiger partial charge in [0.05, 0.1) is 0 Å². The summed E-state index contributed by atoms with van der Waals surface area (Å²) in [6.45, 7) is 7.53. The standard InChI is InChI=1S/C9H17N3O3/c1-5-6-10-7(13)11-12-8(14)15-9(2,3)4/h5-6H2,1-4H3,(H,10,13)/b12-11+. The molecule has 0 aliphatic carbocycles. The third kappa shape index (κ3) is 8.86. The Morgan fingerprint density at radius 2 is 1.87 bits per heavy atom. The smallest absolute Gasteiger partial charge is 0.441 e. The van der Waals surface area contributed by atoms with Gasteiger partial charge in [-0.2, -0.15) is 0 Å². The van der Waals surface area contributed by atoms with E-state index in [1.807, 2.05) is 6.92 Å². The van der Waals surface area contributed by atoms with Crippen molar-refractivity contribution in [3.05, 3.63) is 0 Å². The Labute approximate surface area is 89.1 Å². The lowest BCUT2D eigenvalue weighted by molar-refractivity contribution is 0.0590. The molecule has 6 heteroatoms. The number of carbonyl (C=O) groups excluding carboxylic acids is 2. The number of ether oxygens (including phenoxy) is 1. The summed E-state index contributed by atoms with van der Waals surface area (Å²) >= 11 is 0. The van der Waals surface area contributed by atoms with Crippen molar-refractivity contribution in [1.82, 2.24) is 5.32 Å². The van der Waals surface area contributed by atoms with Gasteiger partial charge in [-0.15, -0.1) is 0 Å².